The Bertz CT molecular complexity index is 1270. The number of aliphatic carboxylic acids is 1. The highest BCUT2D eigenvalue weighted by molar-refractivity contribution is 5.88. The maximum absolute atomic E-state index is 13.3. The van der Waals surface area contributed by atoms with Crippen molar-refractivity contribution in [2.24, 2.45) is 5.73 Å². The lowest BCUT2D eigenvalue weighted by molar-refractivity contribution is -0.139. The third kappa shape index (κ3) is 11.7. The van der Waals surface area contributed by atoms with Gasteiger partial charge in [-0.15, -0.1) is 0 Å². The smallest absolute Gasteiger partial charge is 0.334 e. The van der Waals surface area contributed by atoms with Crippen LogP contribution in [0.4, 0.5) is 0 Å². The van der Waals surface area contributed by atoms with E-state index in [-0.39, 0.29) is 24.5 Å². The van der Waals surface area contributed by atoms with E-state index in [2.05, 4.69) is 5.32 Å². The van der Waals surface area contributed by atoms with E-state index in [4.69, 9.17) is 20.3 Å². The van der Waals surface area contributed by atoms with Crippen LogP contribution in [0.15, 0.2) is 84.9 Å². The van der Waals surface area contributed by atoms with Gasteiger partial charge in [0.05, 0.1) is 6.61 Å². The molecule has 0 saturated carbocycles. The first-order chi connectivity index (χ1) is 19.9. The zero-order chi connectivity index (χ0) is 29.3. The summed E-state index contributed by atoms with van der Waals surface area (Å²) < 4.78 is 11.5. The Morgan fingerprint density at radius 1 is 0.854 bits per heavy atom. The highest BCUT2D eigenvalue weighted by Crippen LogP contribution is 2.21. The SMILES string of the molecule is NCCCCCCOc1ccc(C[C@H](NC(=O)CCc2ccccc2)C(=O)Oc2ccccc2/C=C\C(=O)O)cc1. The molecule has 0 aliphatic carbocycles. The molecule has 8 heteroatoms. The second kappa shape index (κ2) is 17.3. The van der Waals surface area contributed by atoms with Crippen LogP contribution in [0.3, 0.4) is 0 Å². The normalized spacial score (nSPS) is 11.6. The molecule has 0 spiro atoms. The molecular formula is C33H38N2O6. The summed E-state index contributed by atoms with van der Waals surface area (Å²) in [5.74, 6) is -1.10. The summed E-state index contributed by atoms with van der Waals surface area (Å²) in [5, 5.41) is 11.8. The second-order valence-corrected chi connectivity index (χ2v) is 9.64. The van der Waals surface area contributed by atoms with Crippen molar-refractivity contribution in [3.8, 4) is 11.5 Å². The molecule has 0 fully saturated rings. The number of carbonyl (C=O) groups is 3. The predicted octanol–water partition coefficient (Wildman–Crippen LogP) is 4.95. The molecule has 0 bridgehead atoms. The number of para-hydroxylation sites is 1. The van der Waals surface area contributed by atoms with Crippen molar-refractivity contribution in [3.05, 3.63) is 102 Å². The molecule has 216 valence electrons. The van der Waals surface area contributed by atoms with Crippen LogP contribution in [0.5, 0.6) is 11.5 Å². The second-order valence-electron chi connectivity index (χ2n) is 9.64. The molecule has 0 saturated heterocycles. The van der Waals surface area contributed by atoms with Crippen molar-refractivity contribution in [1.29, 1.82) is 0 Å². The van der Waals surface area contributed by atoms with Crippen molar-refractivity contribution in [1.82, 2.24) is 5.32 Å². The lowest BCUT2D eigenvalue weighted by Gasteiger charge is -2.19. The predicted molar refractivity (Wildman–Crippen MR) is 159 cm³/mol. The van der Waals surface area contributed by atoms with Gasteiger partial charge in [0.25, 0.3) is 0 Å². The van der Waals surface area contributed by atoms with E-state index in [9.17, 15) is 14.4 Å². The lowest BCUT2D eigenvalue weighted by atomic mass is 10.0. The highest BCUT2D eigenvalue weighted by Gasteiger charge is 2.24. The van der Waals surface area contributed by atoms with Gasteiger partial charge in [-0.05, 0) is 61.2 Å². The van der Waals surface area contributed by atoms with E-state index < -0.39 is 18.0 Å². The van der Waals surface area contributed by atoms with Gasteiger partial charge in [0.15, 0.2) is 0 Å². The Morgan fingerprint density at radius 2 is 1.56 bits per heavy atom. The molecule has 1 amide bonds. The Morgan fingerprint density at radius 3 is 2.29 bits per heavy atom. The van der Waals surface area contributed by atoms with Gasteiger partial charge in [-0.1, -0.05) is 73.5 Å². The number of aryl methyl sites for hydroxylation is 1. The fraction of sp³-hybridized carbons (Fsp3) is 0.303. The minimum absolute atomic E-state index is 0.203. The van der Waals surface area contributed by atoms with Crippen LogP contribution >= 0.6 is 0 Å². The zero-order valence-electron chi connectivity index (χ0n) is 23.2. The van der Waals surface area contributed by atoms with Crippen molar-refractivity contribution >= 4 is 23.9 Å². The average molecular weight is 559 g/mol. The Labute approximate surface area is 241 Å². The molecular weight excluding hydrogens is 520 g/mol. The van der Waals surface area contributed by atoms with E-state index in [0.717, 1.165) is 48.6 Å². The standard InChI is InChI=1S/C33H38N2O6/c34-22-8-1-2-9-23-40-28-18-14-26(15-19-28)24-29(35-31(36)20-16-25-10-4-3-5-11-25)33(39)41-30-13-7-6-12-27(30)17-21-32(37)38/h3-7,10-15,17-19,21,29H,1-2,8-9,16,20,22-24,34H2,(H,35,36)(H,37,38)/b21-17-/t29-/m0/s1. The summed E-state index contributed by atoms with van der Waals surface area (Å²) in [5.41, 5.74) is 7.81. The molecule has 4 N–H and O–H groups in total. The number of carboxylic acids is 1. The van der Waals surface area contributed by atoms with Crippen molar-refractivity contribution in [2.45, 2.75) is 51.0 Å². The van der Waals surface area contributed by atoms with Gasteiger partial charge in [0.1, 0.15) is 17.5 Å². The number of carboxylic acid groups (broad SMARTS) is 1. The Balaban J connectivity index is 1.67. The van der Waals surface area contributed by atoms with Gasteiger partial charge >= 0.3 is 11.9 Å². The third-order valence-electron chi connectivity index (χ3n) is 6.37. The molecule has 41 heavy (non-hydrogen) atoms. The third-order valence-corrected chi connectivity index (χ3v) is 6.37. The number of hydrogen-bond acceptors (Lipinski definition) is 6. The first kappa shape index (κ1) is 31.1. The van der Waals surface area contributed by atoms with Gasteiger partial charge in [0, 0.05) is 24.5 Å². The number of nitrogens with two attached hydrogens (primary N) is 1. The quantitative estimate of drug-likeness (QED) is 0.0926. The zero-order valence-corrected chi connectivity index (χ0v) is 23.2. The van der Waals surface area contributed by atoms with Crippen LogP contribution in [-0.4, -0.2) is 42.1 Å². The molecule has 0 aromatic heterocycles. The number of hydrogen-bond donors (Lipinski definition) is 3. The number of amides is 1. The maximum Gasteiger partial charge on any atom is 0.334 e. The van der Waals surface area contributed by atoms with Crippen LogP contribution in [0, 0.1) is 0 Å². The topological polar surface area (TPSA) is 128 Å². The van der Waals surface area contributed by atoms with E-state index in [1.807, 2.05) is 54.6 Å². The molecule has 0 heterocycles. The van der Waals surface area contributed by atoms with Crippen LogP contribution in [0.1, 0.15) is 48.8 Å². The molecule has 0 radical (unpaired) electrons. The van der Waals surface area contributed by atoms with E-state index in [1.54, 1.807) is 24.3 Å². The molecule has 8 nitrogen and oxygen atoms in total. The Hall–Kier alpha value is -4.43. The van der Waals surface area contributed by atoms with Gasteiger partial charge < -0.3 is 25.6 Å². The van der Waals surface area contributed by atoms with E-state index in [0.29, 0.717) is 25.1 Å². The maximum atomic E-state index is 13.3. The molecule has 1 atom stereocenters. The van der Waals surface area contributed by atoms with Gasteiger partial charge in [0.2, 0.25) is 5.91 Å². The number of carbonyl (C=O) groups excluding carboxylic acids is 2. The average Bonchev–Trinajstić information content (AvgIpc) is 2.98. The van der Waals surface area contributed by atoms with Gasteiger partial charge in [-0.2, -0.15) is 0 Å². The van der Waals surface area contributed by atoms with E-state index >= 15 is 0 Å². The van der Waals surface area contributed by atoms with Crippen LogP contribution in [0.25, 0.3) is 6.08 Å². The van der Waals surface area contributed by atoms with Gasteiger partial charge in [-0.3, -0.25) is 4.79 Å². The van der Waals surface area contributed by atoms with E-state index in [1.165, 1.54) is 6.08 Å². The fourth-order valence-corrected chi connectivity index (χ4v) is 4.16. The molecule has 3 aromatic carbocycles. The summed E-state index contributed by atoms with van der Waals surface area (Å²) in [6.07, 6.45) is 7.42. The summed E-state index contributed by atoms with van der Waals surface area (Å²) in [6.45, 7) is 1.32. The lowest BCUT2D eigenvalue weighted by Crippen LogP contribution is -2.44. The summed E-state index contributed by atoms with van der Waals surface area (Å²) in [6, 6.07) is 22.7. The molecule has 0 aliphatic heterocycles. The minimum Gasteiger partial charge on any atom is -0.494 e. The summed E-state index contributed by atoms with van der Waals surface area (Å²) >= 11 is 0. The summed E-state index contributed by atoms with van der Waals surface area (Å²) in [7, 11) is 0. The van der Waals surface area contributed by atoms with Crippen LogP contribution in [0.2, 0.25) is 0 Å². The summed E-state index contributed by atoms with van der Waals surface area (Å²) in [4.78, 5) is 37.2. The highest BCUT2D eigenvalue weighted by atomic mass is 16.5. The molecule has 3 aromatic rings. The number of benzene rings is 3. The fourth-order valence-electron chi connectivity index (χ4n) is 4.16. The molecule has 0 unspecified atom stereocenters. The van der Waals surface area contributed by atoms with Crippen molar-refractivity contribution < 1.29 is 29.0 Å². The van der Waals surface area contributed by atoms with Crippen molar-refractivity contribution in [2.75, 3.05) is 13.2 Å². The molecule has 0 aliphatic rings. The largest absolute Gasteiger partial charge is 0.494 e. The van der Waals surface area contributed by atoms with Crippen LogP contribution in [-0.2, 0) is 27.2 Å². The Kier molecular flexibility index (Phi) is 13.1. The number of unbranched alkanes of at least 4 members (excludes halogenated alkanes) is 3. The van der Waals surface area contributed by atoms with Crippen LogP contribution < -0.4 is 20.5 Å². The molecule has 3 rings (SSSR count). The first-order valence-corrected chi connectivity index (χ1v) is 13.9. The minimum atomic E-state index is -1.12. The number of rotatable bonds is 17. The van der Waals surface area contributed by atoms with Gasteiger partial charge in [-0.25, -0.2) is 9.59 Å². The number of nitrogens with one attached hydrogen (secondary N) is 1. The first-order valence-electron chi connectivity index (χ1n) is 13.9. The van der Waals surface area contributed by atoms with Crippen molar-refractivity contribution in [3.63, 3.8) is 0 Å². The monoisotopic (exact) mass is 558 g/mol. The number of ether oxygens (including phenoxy) is 2. The number of esters is 1.